The monoisotopic (exact) mass is 286 g/mol. The van der Waals surface area contributed by atoms with E-state index in [-0.39, 0.29) is 0 Å². The fourth-order valence-electron chi connectivity index (χ4n) is 2.72. The van der Waals surface area contributed by atoms with Crippen LogP contribution >= 0.6 is 0 Å². The molecule has 21 heavy (non-hydrogen) atoms. The molecule has 0 saturated heterocycles. The van der Waals surface area contributed by atoms with Crippen molar-refractivity contribution in [2.24, 2.45) is 0 Å². The summed E-state index contributed by atoms with van der Waals surface area (Å²) in [5.74, 6) is 0. The van der Waals surface area contributed by atoms with Crippen molar-refractivity contribution in [3.8, 4) is 0 Å². The van der Waals surface area contributed by atoms with Crippen LogP contribution in [0.25, 0.3) is 0 Å². The zero-order valence-electron chi connectivity index (χ0n) is 13.8. The van der Waals surface area contributed by atoms with Gasteiger partial charge in [-0.25, -0.2) is 0 Å². The van der Waals surface area contributed by atoms with Gasteiger partial charge in [-0.1, -0.05) is 106 Å². The van der Waals surface area contributed by atoms with Gasteiger partial charge in [-0.05, 0) is 25.7 Å². The first-order chi connectivity index (χ1) is 10.5. The van der Waals surface area contributed by atoms with Crippen LogP contribution in [-0.4, -0.2) is 0 Å². The Morgan fingerprint density at radius 2 is 0.571 bits per heavy atom. The topological polar surface area (TPSA) is 0 Å². The van der Waals surface area contributed by atoms with Crippen LogP contribution in [0.1, 0.15) is 83.5 Å². The van der Waals surface area contributed by atoms with Gasteiger partial charge in [0.1, 0.15) is 0 Å². The average molecular weight is 287 g/mol. The van der Waals surface area contributed by atoms with E-state index in [2.05, 4.69) is 48.6 Å². The summed E-state index contributed by atoms with van der Waals surface area (Å²) in [6.45, 7) is 0. The van der Waals surface area contributed by atoms with Gasteiger partial charge in [-0.15, -0.1) is 0 Å². The van der Waals surface area contributed by atoms with E-state index >= 15 is 0 Å². The van der Waals surface area contributed by atoms with Crippen LogP contribution in [0.15, 0.2) is 48.6 Å². The van der Waals surface area contributed by atoms with Crippen LogP contribution in [0.2, 0.25) is 0 Å². The van der Waals surface area contributed by atoms with Crippen molar-refractivity contribution in [1.29, 1.82) is 0 Å². The fraction of sp³-hybridized carbons (Fsp3) is 0.619. The Hall–Kier alpha value is -1.04. The molecule has 0 N–H and O–H groups in total. The maximum atomic E-state index is 2.29. The molecule has 0 aromatic rings. The van der Waals surface area contributed by atoms with Gasteiger partial charge in [-0.2, -0.15) is 0 Å². The lowest BCUT2D eigenvalue weighted by Crippen LogP contribution is -1.82. The van der Waals surface area contributed by atoms with Crippen molar-refractivity contribution in [2.75, 3.05) is 0 Å². The highest BCUT2D eigenvalue weighted by Crippen LogP contribution is 2.12. The lowest BCUT2D eigenvalue weighted by molar-refractivity contribution is 0.547. The smallest absolute Gasteiger partial charge is 0.0348 e. The Labute approximate surface area is 132 Å². The summed E-state index contributed by atoms with van der Waals surface area (Å²) in [4.78, 5) is 0. The molecule has 0 unspecified atom stereocenters. The minimum Gasteiger partial charge on any atom is -0.0845 e. The van der Waals surface area contributed by atoms with Crippen molar-refractivity contribution in [2.45, 2.75) is 83.5 Å². The second kappa shape index (κ2) is 15.4. The highest BCUT2D eigenvalue weighted by Gasteiger charge is 1.93. The summed E-state index contributed by atoms with van der Waals surface area (Å²) in [6, 6.07) is 0. The summed E-state index contributed by atoms with van der Waals surface area (Å²) >= 11 is 0. The number of hydrogen-bond acceptors (Lipinski definition) is 0. The molecule has 0 fully saturated rings. The maximum Gasteiger partial charge on any atom is -0.0348 e. The Balaban J connectivity index is 2.23. The van der Waals surface area contributed by atoms with Gasteiger partial charge in [0.25, 0.3) is 0 Å². The molecular formula is C21H34. The number of rotatable bonds is 0. The third-order valence-corrected chi connectivity index (χ3v) is 4.07. The molecule has 0 heteroatoms. The Bertz CT molecular complexity index is 285. The van der Waals surface area contributed by atoms with Gasteiger partial charge in [0.05, 0.1) is 0 Å². The molecule has 0 aromatic carbocycles. The highest BCUT2D eigenvalue weighted by molar-refractivity contribution is 5.15. The summed E-state index contributed by atoms with van der Waals surface area (Å²) in [6.07, 6.45) is 35.5. The molecule has 0 saturated carbocycles. The van der Waals surface area contributed by atoms with Crippen molar-refractivity contribution in [1.82, 2.24) is 0 Å². The first kappa shape index (κ1) is 18.0. The van der Waals surface area contributed by atoms with Crippen LogP contribution in [0, 0.1) is 0 Å². The number of hydrogen-bond donors (Lipinski definition) is 0. The molecule has 0 spiro atoms. The second-order valence-corrected chi connectivity index (χ2v) is 6.09. The molecule has 0 atom stereocenters. The second-order valence-electron chi connectivity index (χ2n) is 6.09. The zero-order chi connectivity index (χ0) is 14.8. The quantitative estimate of drug-likeness (QED) is 0.438. The molecule has 0 amide bonds. The minimum atomic E-state index is 1.23. The van der Waals surface area contributed by atoms with Crippen LogP contribution in [0.5, 0.6) is 0 Å². The predicted molar refractivity (Wildman–Crippen MR) is 96.6 cm³/mol. The van der Waals surface area contributed by atoms with Gasteiger partial charge in [0.15, 0.2) is 0 Å². The molecule has 0 aliphatic heterocycles. The first-order valence-corrected chi connectivity index (χ1v) is 9.15. The van der Waals surface area contributed by atoms with E-state index in [0.717, 1.165) is 0 Å². The summed E-state index contributed by atoms with van der Waals surface area (Å²) in [5, 5.41) is 0. The molecule has 1 rings (SSSR count). The van der Waals surface area contributed by atoms with Gasteiger partial charge in [0, 0.05) is 0 Å². The third-order valence-electron chi connectivity index (χ3n) is 4.07. The normalized spacial score (nSPS) is 21.0. The number of allylic oxidation sites excluding steroid dienone is 8. The van der Waals surface area contributed by atoms with Gasteiger partial charge in [0.2, 0.25) is 0 Å². The van der Waals surface area contributed by atoms with Crippen molar-refractivity contribution >= 4 is 0 Å². The Morgan fingerprint density at radius 3 is 0.952 bits per heavy atom. The zero-order valence-corrected chi connectivity index (χ0v) is 13.8. The Kier molecular flexibility index (Phi) is 13.2. The van der Waals surface area contributed by atoms with Crippen LogP contribution in [-0.2, 0) is 0 Å². The molecule has 1 aliphatic rings. The predicted octanol–water partition coefficient (Wildman–Crippen LogP) is 7.30. The van der Waals surface area contributed by atoms with Crippen molar-refractivity contribution in [3.63, 3.8) is 0 Å². The largest absolute Gasteiger partial charge is 0.0845 e. The molecule has 1 aliphatic carbocycles. The lowest BCUT2D eigenvalue weighted by atomic mass is 10.0. The summed E-state index contributed by atoms with van der Waals surface area (Å²) in [7, 11) is 0. The van der Waals surface area contributed by atoms with Crippen molar-refractivity contribution < 1.29 is 0 Å². The van der Waals surface area contributed by atoms with Crippen LogP contribution in [0.4, 0.5) is 0 Å². The molecular weight excluding hydrogens is 252 g/mol. The first-order valence-electron chi connectivity index (χ1n) is 9.15. The minimum absolute atomic E-state index is 1.23. The standard InChI is InChI=1S/C21H34/c1-2-4-6-8-10-12-14-16-18-20-21-19-17-15-13-11-9-7-5-3-1/h1-8H,9-21H2. The third kappa shape index (κ3) is 13.7. The van der Waals surface area contributed by atoms with Gasteiger partial charge >= 0.3 is 0 Å². The van der Waals surface area contributed by atoms with E-state index in [9.17, 15) is 0 Å². The summed E-state index contributed by atoms with van der Waals surface area (Å²) < 4.78 is 0. The SMILES string of the molecule is C1=CC=CCCCCCCCCCCCCCC=CC=C1. The van der Waals surface area contributed by atoms with E-state index < -0.39 is 0 Å². The van der Waals surface area contributed by atoms with Gasteiger partial charge in [-0.3, -0.25) is 0 Å². The molecule has 0 aromatic heterocycles. The van der Waals surface area contributed by atoms with Gasteiger partial charge < -0.3 is 0 Å². The molecule has 0 heterocycles. The van der Waals surface area contributed by atoms with E-state index in [4.69, 9.17) is 0 Å². The van der Waals surface area contributed by atoms with E-state index in [0.29, 0.717) is 0 Å². The molecule has 118 valence electrons. The van der Waals surface area contributed by atoms with E-state index in [1.807, 2.05) is 0 Å². The van der Waals surface area contributed by atoms with E-state index in [1.165, 1.54) is 83.5 Å². The molecule has 0 radical (unpaired) electrons. The summed E-state index contributed by atoms with van der Waals surface area (Å²) in [5.41, 5.74) is 0. The van der Waals surface area contributed by atoms with E-state index in [1.54, 1.807) is 0 Å². The highest BCUT2D eigenvalue weighted by atomic mass is 14.0. The van der Waals surface area contributed by atoms with Crippen molar-refractivity contribution in [3.05, 3.63) is 48.6 Å². The van der Waals surface area contributed by atoms with Crippen LogP contribution < -0.4 is 0 Å². The maximum absolute atomic E-state index is 2.29. The lowest BCUT2D eigenvalue weighted by Gasteiger charge is -2.02. The Morgan fingerprint density at radius 1 is 0.286 bits per heavy atom. The average Bonchev–Trinajstić information content (AvgIpc) is 2.50. The fourth-order valence-corrected chi connectivity index (χ4v) is 2.72. The molecule has 0 bridgehead atoms. The molecule has 0 nitrogen and oxygen atoms in total. The van der Waals surface area contributed by atoms with Crippen LogP contribution in [0.3, 0.4) is 0 Å².